The smallest absolute Gasteiger partial charge is 0.409 e. The number of ether oxygens (including phenoxy) is 3. The van der Waals surface area contributed by atoms with Crippen molar-refractivity contribution in [2.45, 2.75) is 96.4 Å². The maximum Gasteiger partial charge on any atom is 0.409 e. The average molecular weight is 632 g/mol. The standard InChI is InChI=1S/C33H46ClN3O7/c1-19-10-8-11-21(3)33(41)18-25(42-31(40)36-33)22(4)30-32(5,44-30)26(43-28(39)12-9-13-35-6)17-27(38)37(7)24-16-23(14-19)15-20(2)29(24)34/h8,10-11,15-16,21-22,25-26,30,35,41H,9,12-14,17-18H2,1-7H3,(H,36,40)/b11-8+,19-10+/t21-,22-,25+,26+,30+,32+,33+/m1/s1. The second-order valence-corrected chi connectivity index (χ2v) is 13.1. The number of carbonyl (C=O) groups is 3. The SMILES string of the molecule is CNCCCC(=O)O[C@H]1CC(=O)N(C)c2cc(cc(C)c2Cl)C/C(C)=C/C=C/[C@@H](C)[C@@]2(O)C[C@H](OC(=O)N2)[C@@H](C)[C@@H]2O[C@@]12C. The van der Waals surface area contributed by atoms with E-state index in [0.717, 1.165) is 16.7 Å². The number of aliphatic hydroxyl groups is 1. The van der Waals surface area contributed by atoms with E-state index in [2.05, 4.69) is 10.6 Å². The summed E-state index contributed by atoms with van der Waals surface area (Å²) in [6.07, 6.45) is 4.28. The van der Waals surface area contributed by atoms with Gasteiger partial charge in [-0.05, 0) is 64.4 Å². The number of hydrogen-bond donors (Lipinski definition) is 3. The number of epoxide rings is 1. The molecule has 2 amide bonds. The highest BCUT2D eigenvalue weighted by atomic mass is 35.5. The molecule has 0 unspecified atom stereocenters. The Morgan fingerprint density at radius 2 is 2.00 bits per heavy atom. The molecule has 3 aliphatic heterocycles. The maximum absolute atomic E-state index is 13.8. The summed E-state index contributed by atoms with van der Waals surface area (Å²) in [6, 6.07) is 3.90. The highest BCUT2D eigenvalue weighted by Crippen LogP contribution is 2.49. The monoisotopic (exact) mass is 631 g/mol. The summed E-state index contributed by atoms with van der Waals surface area (Å²) < 4.78 is 17.8. The molecule has 1 aromatic rings. The first-order valence-electron chi connectivity index (χ1n) is 15.3. The zero-order chi connectivity index (χ0) is 32.4. The van der Waals surface area contributed by atoms with Crippen molar-refractivity contribution in [2.75, 3.05) is 25.5 Å². The average Bonchev–Trinajstić information content (AvgIpc) is 3.65. The van der Waals surface area contributed by atoms with Crippen molar-refractivity contribution in [2.24, 2.45) is 11.8 Å². The molecular weight excluding hydrogens is 586 g/mol. The molecule has 3 N–H and O–H groups in total. The van der Waals surface area contributed by atoms with Crippen LogP contribution in [0.25, 0.3) is 0 Å². The molecule has 1 aromatic carbocycles. The first kappa shape index (κ1) is 34.0. The number of nitrogens with one attached hydrogen (secondary N) is 2. The Bertz CT molecular complexity index is 1330. The third-order valence-corrected chi connectivity index (χ3v) is 9.66. The first-order chi connectivity index (χ1) is 20.7. The normalized spacial score (nSPS) is 34.6. The number of nitrogens with zero attached hydrogens (tertiary/aromatic N) is 1. The summed E-state index contributed by atoms with van der Waals surface area (Å²) in [6.45, 7) is 10.1. The molecule has 2 fully saturated rings. The fraction of sp³-hybridized carbons (Fsp3) is 0.606. The van der Waals surface area contributed by atoms with Gasteiger partial charge in [-0.25, -0.2) is 4.79 Å². The summed E-state index contributed by atoms with van der Waals surface area (Å²) in [5, 5.41) is 17.6. The van der Waals surface area contributed by atoms with Gasteiger partial charge < -0.3 is 29.5 Å². The molecule has 242 valence electrons. The lowest BCUT2D eigenvalue weighted by molar-refractivity contribution is -0.153. The Hall–Kier alpha value is -2.92. The van der Waals surface area contributed by atoms with Crippen LogP contribution >= 0.6 is 11.6 Å². The van der Waals surface area contributed by atoms with E-state index in [4.69, 9.17) is 25.8 Å². The second-order valence-electron chi connectivity index (χ2n) is 12.7. The minimum absolute atomic E-state index is 0.129. The molecule has 0 saturated carbocycles. The van der Waals surface area contributed by atoms with Crippen LogP contribution < -0.4 is 15.5 Å². The molecule has 0 aromatic heterocycles. The van der Waals surface area contributed by atoms with Crippen LogP contribution in [0.2, 0.25) is 5.02 Å². The Morgan fingerprint density at radius 3 is 2.70 bits per heavy atom. The van der Waals surface area contributed by atoms with Crippen LogP contribution in [0, 0.1) is 18.8 Å². The van der Waals surface area contributed by atoms with Crippen LogP contribution in [0.5, 0.6) is 0 Å². The lowest BCUT2D eigenvalue weighted by Crippen LogP contribution is -2.60. The third kappa shape index (κ3) is 7.47. The predicted octanol–water partition coefficient (Wildman–Crippen LogP) is 4.59. The van der Waals surface area contributed by atoms with Gasteiger partial charge in [-0.1, -0.05) is 55.3 Å². The van der Waals surface area contributed by atoms with Crippen LogP contribution in [0.3, 0.4) is 0 Å². The van der Waals surface area contributed by atoms with E-state index >= 15 is 0 Å². The number of allylic oxidation sites excluding steroid dienone is 3. The Kier molecular flexibility index (Phi) is 10.5. The molecule has 10 nitrogen and oxygen atoms in total. The number of amides is 2. The molecule has 3 aliphatic rings. The molecule has 0 spiro atoms. The predicted molar refractivity (Wildman–Crippen MR) is 168 cm³/mol. The van der Waals surface area contributed by atoms with Gasteiger partial charge in [-0.15, -0.1) is 0 Å². The van der Waals surface area contributed by atoms with Crippen molar-refractivity contribution in [3.63, 3.8) is 0 Å². The van der Waals surface area contributed by atoms with E-state index in [1.165, 1.54) is 4.90 Å². The molecular formula is C33H46ClN3O7. The van der Waals surface area contributed by atoms with Gasteiger partial charge in [0, 0.05) is 31.7 Å². The lowest BCUT2D eigenvalue weighted by Gasteiger charge is -2.41. The zero-order valence-corrected chi connectivity index (χ0v) is 27.5. The van der Waals surface area contributed by atoms with E-state index in [1.807, 2.05) is 72.0 Å². The van der Waals surface area contributed by atoms with Gasteiger partial charge in [0.1, 0.15) is 23.5 Å². The van der Waals surface area contributed by atoms with Crippen LogP contribution in [0.1, 0.15) is 64.5 Å². The topological polar surface area (TPSA) is 130 Å². The Balaban J connectivity index is 1.73. The Labute approximate surface area is 265 Å². The van der Waals surface area contributed by atoms with Gasteiger partial charge in [0.05, 0.1) is 23.2 Å². The largest absolute Gasteiger partial charge is 0.459 e. The van der Waals surface area contributed by atoms with Crippen LogP contribution in [0.15, 0.2) is 35.9 Å². The van der Waals surface area contributed by atoms with Crippen molar-refractivity contribution < 1.29 is 33.7 Å². The second kappa shape index (κ2) is 13.6. The number of esters is 1. The highest BCUT2D eigenvalue weighted by molar-refractivity contribution is 6.34. The summed E-state index contributed by atoms with van der Waals surface area (Å²) in [4.78, 5) is 40.9. The Morgan fingerprint density at radius 1 is 1.27 bits per heavy atom. The quantitative estimate of drug-likeness (QED) is 0.245. The van der Waals surface area contributed by atoms with E-state index in [9.17, 15) is 19.5 Å². The van der Waals surface area contributed by atoms with E-state index in [0.29, 0.717) is 30.1 Å². The number of carbonyl (C=O) groups excluding carboxylic acids is 3. The number of rotatable bonds is 5. The maximum atomic E-state index is 13.8. The number of alkyl carbamates (subject to hydrolysis) is 1. The minimum atomic E-state index is -1.54. The minimum Gasteiger partial charge on any atom is -0.459 e. The number of fused-ring (bicyclic) bond motifs is 5. The summed E-state index contributed by atoms with van der Waals surface area (Å²) >= 11 is 6.71. The van der Waals surface area contributed by atoms with Crippen molar-refractivity contribution >= 4 is 35.3 Å². The number of hydrogen-bond acceptors (Lipinski definition) is 8. The zero-order valence-electron chi connectivity index (χ0n) is 26.7. The van der Waals surface area contributed by atoms with Gasteiger partial charge in [0.25, 0.3) is 0 Å². The molecule has 7 atom stereocenters. The van der Waals surface area contributed by atoms with Gasteiger partial charge in [-0.3, -0.25) is 14.9 Å². The van der Waals surface area contributed by atoms with Gasteiger partial charge in [-0.2, -0.15) is 0 Å². The number of halogens is 1. The lowest BCUT2D eigenvalue weighted by atomic mass is 9.82. The fourth-order valence-corrected chi connectivity index (χ4v) is 6.41. The van der Waals surface area contributed by atoms with Gasteiger partial charge in [0.2, 0.25) is 5.91 Å². The molecule has 2 saturated heterocycles. The third-order valence-electron chi connectivity index (χ3n) is 9.17. The molecule has 3 heterocycles. The van der Waals surface area contributed by atoms with Crippen molar-refractivity contribution in [1.29, 1.82) is 0 Å². The van der Waals surface area contributed by atoms with Gasteiger partial charge in [0.15, 0.2) is 0 Å². The van der Waals surface area contributed by atoms with Crippen LogP contribution in [0.4, 0.5) is 10.5 Å². The van der Waals surface area contributed by atoms with Crippen molar-refractivity contribution in [1.82, 2.24) is 10.6 Å². The number of benzene rings is 1. The fourth-order valence-electron chi connectivity index (χ4n) is 6.17. The molecule has 44 heavy (non-hydrogen) atoms. The number of aryl methyl sites for hydroxylation is 1. The van der Waals surface area contributed by atoms with Crippen LogP contribution in [-0.4, -0.2) is 73.4 Å². The van der Waals surface area contributed by atoms with Gasteiger partial charge >= 0.3 is 12.1 Å². The van der Waals surface area contributed by atoms with Crippen molar-refractivity contribution in [3.05, 3.63) is 52.1 Å². The molecule has 11 heteroatoms. The van der Waals surface area contributed by atoms with E-state index in [-0.39, 0.29) is 31.1 Å². The van der Waals surface area contributed by atoms with Crippen molar-refractivity contribution in [3.8, 4) is 0 Å². The first-order valence-corrected chi connectivity index (χ1v) is 15.7. The molecule has 4 bridgehead atoms. The summed E-state index contributed by atoms with van der Waals surface area (Å²) in [5.41, 5.74) is 0.888. The highest BCUT2D eigenvalue weighted by Gasteiger charge is 2.64. The summed E-state index contributed by atoms with van der Waals surface area (Å²) in [5.74, 6) is -1.51. The van der Waals surface area contributed by atoms with E-state index < -0.39 is 47.6 Å². The molecule has 4 rings (SSSR count). The van der Waals surface area contributed by atoms with E-state index in [1.54, 1.807) is 7.05 Å². The number of anilines is 1. The summed E-state index contributed by atoms with van der Waals surface area (Å²) in [7, 11) is 3.47. The molecule has 0 radical (unpaired) electrons. The van der Waals surface area contributed by atoms with Crippen LogP contribution in [-0.2, 0) is 30.2 Å². The molecule has 0 aliphatic carbocycles.